The average molecular weight is 221 g/mol. The number of rotatable bonds is 6. The van der Waals surface area contributed by atoms with Crippen molar-refractivity contribution < 1.29 is 8.42 Å². The van der Waals surface area contributed by atoms with Crippen LogP contribution in [0, 0.1) is 11.8 Å². The zero-order valence-electron chi connectivity index (χ0n) is 9.95. The number of sulfone groups is 1. The first-order valence-corrected chi connectivity index (χ1v) is 7.14. The van der Waals surface area contributed by atoms with E-state index in [1.807, 2.05) is 14.1 Å². The maximum absolute atomic E-state index is 11.2. The van der Waals surface area contributed by atoms with E-state index in [1.165, 1.54) is 6.26 Å². The van der Waals surface area contributed by atoms with Crippen LogP contribution in [0.25, 0.3) is 0 Å². The Morgan fingerprint density at radius 1 is 1.29 bits per heavy atom. The molecule has 2 atom stereocenters. The minimum atomic E-state index is -2.85. The van der Waals surface area contributed by atoms with Crippen molar-refractivity contribution in [2.45, 2.75) is 20.3 Å². The Balaban J connectivity index is 4.40. The van der Waals surface area contributed by atoms with Crippen LogP contribution >= 0.6 is 0 Å². The highest BCUT2D eigenvalue weighted by atomic mass is 32.2. The van der Waals surface area contributed by atoms with Crippen molar-refractivity contribution >= 4 is 9.84 Å². The lowest BCUT2D eigenvalue weighted by molar-refractivity contribution is 0.272. The Hall–Kier alpha value is -0.0900. The molecule has 0 saturated carbocycles. The quantitative estimate of drug-likeness (QED) is 0.677. The van der Waals surface area contributed by atoms with Gasteiger partial charge in [-0.25, -0.2) is 8.42 Å². The van der Waals surface area contributed by atoms with E-state index in [0.717, 1.165) is 13.0 Å². The number of nitrogens with zero attached hydrogens (tertiary/aromatic N) is 1. The normalized spacial score (nSPS) is 17.0. The monoisotopic (exact) mass is 221 g/mol. The van der Waals surface area contributed by atoms with Gasteiger partial charge in [-0.15, -0.1) is 0 Å². The van der Waals surface area contributed by atoms with Gasteiger partial charge in [-0.05, 0) is 25.9 Å². The van der Waals surface area contributed by atoms with Gasteiger partial charge in [0.25, 0.3) is 0 Å². The lowest BCUT2D eigenvalue weighted by atomic mass is 9.93. The Bertz CT molecular complexity index is 247. The Kier molecular flexibility index (Phi) is 5.67. The van der Waals surface area contributed by atoms with E-state index in [0.29, 0.717) is 11.7 Å². The van der Waals surface area contributed by atoms with Crippen LogP contribution in [-0.4, -0.2) is 46.0 Å². The SMILES string of the molecule is CCC(C)C(CN(C)C)CS(C)(=O)=O. The highest BCUT2D eigenvalue weighted by Crippen LogP contribution is 2.17. The third-order valence-electron chi connectivity index (χ3n) is 2.57. The van der Waals surface area contributed by atoms with Gasteiger partial charge < -0.3 is 4.90 Å². The number of hydrogen-bond acceptors (Lipinski definition) is 3. The molecule has 0 rings (SSSR count). The fourth-order valence-corrected chi connectivity index (χ4v) is 2.80. The van der Waals surface area contributed by atoms with Gasteiger partial charge in [0.2, 0.25) is 0 Å². The molecule has 0 aromatic carbocycles. The van der Waals surface area contributed by atoms with Crippen molar-refractivity contribution in [3.8, 4) is 0 Å². The molecular weight excluding hydrogens is 198 g/mol. The topological polar surface area (TPSA) is 37.4 Å². The van der Waals surface area contributed by atoms with Crippen LogP contribution in [0.2, 0.25) is 0 Å². The van der Waals surface area contributed by atoms with Crippen LogP contribution < -0.4 is 0 Å². The molecule has 0 aromatic rings. The van der Waals surface area contributed by atoms with E-state index < -0.39 is 9.84 Å². The predicted octanol–water partition coefficient (Wildman–Crippen LogP) is 1.25. The summed E-state index contributed by atoms with van der Waals surface area (Å²) in [7, 11) is 1.12. The highest BCUT2D eigenvalue weighted by molar-refractivity contribution is 7.90. The van der Waals surface area contributed by atoms with Gasteiger partial charge in [-0.1, -0.05) is 20.3 Å². The summed E-state index contributed by atoms with van der Waals surface area (Å²) in [5.74, 6) is 1.03. The highest BCUT2D eigenvalue weighted by Gasteiger charge is 2.21. The maximum Gasteiger partial charge on any atom is 0.147 e. The molecule has 0 heterocycles. The van der Waals surface area contributed by atoms with Crippen LogP contribution in [-0.2, 0) is 9.84 Å². The van der Waals surface area contributed by atoms with Crippen molar-refractivity contribution in [1.82, 2.24) is 4.90 Å². The van der Waals surface area contributed by atoms with E-state index in [4.69, 9.17) is 0 Å². The van der Waals surface area contributed by atoms with Crippen LogP contribution in [0.4, 0.5) is 0 Å². The lowest BCUT2D eigenvalue weighted by Crippen LogP contribution is -2.31. The van der Waals surface area contributed by atoms with Gasteiger partial charge in [0.15, 0.2) is 0 Å². The summed E-state index contributed by atoms with van der Waals surface area (Å²) in [4.78, 5) is 2.06. The summed E-state index contributed by atoms with van der Waals surface area (Å²) in [5.41, 5.74) is 0. The van der Waals surface area contributed by atoms with E-state index in [2.05, 4.69) is 18.7 Å². The molecule has 0 saturated heterocycles. The molecule has 14 heavy (non-hydrogen) atoms. The molecule has 0 radical (unpaired) electrons. The molecule has 0 spiro atoms. The standard InChI is InChI=1S/C10H23NO2S/c1-6-9(2)10(7-11(3)4)8-14(5,12)13/h9-10H,6-8H2,1-5H3. The molecule has 0 fully saturated rings. The predicted molar refractivity (Wildman–Crippen MR) is 61.2 cm³/mol. The van der Waals surface area contributed by atoms with Gasteiger partial charge in [-0.3, -0.25) is 0 Å². The first kappa shape index (κ1) is 13.9. The summed E-state index contributed by atoms with van der Waals surface area (Å²) in [6.45, 7) is 5.08. The summed E-state index contributed by atoms with van der Waals surface area (Å²) < 4.78 is 22.5. The first-order valence-electron chi connectivity index (χ1n) is 5.08. The Morgan fingerprint density at radius 2 is 1.79 bits per heavy atom. The lowest BCUT2D eigenvalue weighted by Gasteiger charge is -2.25. The van der Waals surface area contributed by atoms with Gasteiger partial charge in [-0.2, -0.15) is 0 Å². The largest absolute Gasteiger partial charge is 0.309 e. The minimum Gasteiger partial charge on any atom is -0.309 e. The van der Waals surface area contributed by atoms with Gasteiger partial charge in [0.1, 0.15) is 9.84 Å². The summed E-state index contributed by atoms with van der Waals surface area (Å²) in [6, 6.07) is 0. The molecule has 0 bridgehead atoms. The molecule has 4 heteroatoms. The molecule has 0 aliphatic carbocycles. The zero-order chi connectivity index (χ0) is 11.4. The first-order chi connectivity index (χ1) is 6.26. The minimum absolute atomic E-state index is 0.255. The summed E-state index contributed by atoms with van der Waals surface area (Å²) in [6.07, 6.45) is 2.35. The van der Waals surface area contributed by atoms with Crippen molar-refractivity contribution in [2.24, 2.45) is 11.8 Å². The fraction of sp³-hybridized carbons (Fsp3) is 1.00. The fourth-order valence-electron chi connectivity index (χ4n) is 1.59. The van der Waals surface area contributed by atoms with Gasteiger partial charge in [0.05, 0.1) is 5.75 Å². The van der Waals surface area contributed by atoms with Crippen molar-refractivity contribution in [2.75, 3.05) is 32.6 Å². The van der Waals surface area contributed by atoms with E-state index in [9.17, 15) is 8.42 Å². The zero-order valence-corrected chi connectivity index (χ0v) is 10.8. The van der Waals surface area contributed by atoms with E-state index in [-0.39, 0.29) is 5.92 Å². The second kappa shape index (κ2) is 5.71. The Labute approximate surface area is 88.4 Å². The molecular formula is C10H23NO2S. The van der Waals surface area contributed by atoms with E-state index in [1.54, 1.807) is 0 Å². The molecule has 3 nitrogen and oxygen atoms in total. The second-order valence-corrected chi connectivity index (χ2v) is 6.69. The average Bonchev–Trinajstić information content (AvgIpc) is 1.98. The molecule has 86 valence electrons. The maximum atomic E-state index is 11.2. The smallest absolute Gasteiger partial charge is 0.147 e. The van der Waals surface area contributed by atoms with Crippen LogP contribution in [0.3, 0.4) is 0 Å². The molecule has 0 N–H and O–H groups in total. The molecule has 0 aliphatic rings. The molecule has 0 aromatic heterocycles. The summed E-state index contributed by atoms with van der Waals surface area (Å²) in [5, 5.41) is 0. The van der Waals surface area contributed by atoms with Gasteiger partial charge >= 0.3 is 0 Å². The third-order valence-corrected chi connectivity index (χ3v) is 3.60. The van der Waals surface area contributed by atoms with Crippen LogP contribution in [0.1, 0.15) is 20.3 Å². The van der Waals surface area contributed by atoms with Crippen molar-refractivity contribution in [3.63, 3.8) is 0 Å². The van der Waals surface area contributed by atoms with Crippen LogP contribution in [0.5, 0.6) is 0 Å². The van der Waals surface area contributed by atoms with Crippen molar-refractivity contribution in [1.29, 1.82) is 0 Å². The summed E-state index contributed by atoms with van der Waals surface area (Å²) >= 11 is 0. The Morgan fingerprint density at radius 3 is 2.07 bits per heavy atom. The third kappa shape index (κ3) is 6.38. The van der Waals surface area contributed by atoms with Gasteiger partial charge in [0, 0.05) is 12.8 Å². The molecule has 0 aliphatic heterocycles. The van der Waals surface area contributed by atoms with E-state index >= 15 is 0 Å². The number of hydrogen-bond donors (Lipinski definition) is 0. The van der Waals surface area contributed by atoms with Crippen LogP contribution in [0.15, 0.2) is 0 Å². The second-order valence-electron chi connectivity index (χ2n) is 4.50. The molecule has 2 unspecified atom stereocenters. The van der Waals surface area contributed by atoms with Crippen molar-refractivity contribution in [3.05, 3.63) is 0 Å². The molecule has 0 amide bonds.